The van der Waals surface area contributed by atoms with Crippen LogP contribution >= 0.6 is 34.7 Å². The van der Waals surface area contributed by atoms with E-state index in [1.165, 1.54) is 11.8 Å². The summed E-state index contributed by atoms with van der Waals surface area (Å²) in [5, 5.41) is 12.1. The van der Waals surface area contributed by atoms with E-state index in [4.69, 9.17) is 11.6 Å². The molecule has 0 aliphatic carbocycles. The Labute approximate surface area is 145 Å². The standard InChI is InChI=1S/C14H12ClN5OS2/c1-8(13(21)17-9-4-2-6-16-11(9)15)23-14-18-12(19-20-14)10-5-3-7-22-10/h2-8H,1H3,(H,17,21)(H,18,19,20)/t8-/m0/s1. The van der Waals surface area contributed by atoms with Crippen molar-refractivity contribution < 1.29 is 4.79 Å². The fourth-order valence-corrected chi connectivity index (χ4v) is 3.30. The van der Waals surface area contributed by atoms with Gasteiger partial charge in [-0.05, 0) is 30.5 Å². The molecule has 0 unspecified atom stereocenters. The van der Waals surface area contributed by atoms with Crippen LogP contribution in [0, 0.1) is 0 Å². The summed E-state index contributed by atoms with van der Waals surface area (Å²) in [4.78, 5) is 21.5. The van der Waals surface area contributed by atoms with Crippen LogP contribution in [0.25, 0.3) is 10.7 Å². The van der Waals surface area contributed by atoms with Crippen LogP contribution in [-0.4, -0.2) is 31.3 Å². The number of halogens is 1. The summed E-state index contributed by atoms with van der Waals surface area (Å²) in [5.74, 6) is 0.512. The number of nitrogens with one attached hydrogen (secondary N) is 2. The first-order valence-electron chi connectivity index (χ1n) is 6.68. The third-order valence-electron chi connectivity index (χ3n) is 2.89. The Morgan fingerprint density at radius 1 is 1.43 bits per heavy atom. The van der Waals surface area contributed by atoms with Crippen molar-refractivity contribution in [2.45, 2.75) is 17.3 Å². The highest BCUT2D eigenvalue weighted by Gasteiger charge is 2.18. The molecule has 0 aliphatic heterocycles. The summed E-state index contributed by atoms with van der Waals surface area (Å²) in [7, 11) is 0. The number of hydrogen-bond acceptors (Lipinski definition) is 6. The number of H-pyrrole nitrogens is 1. The fraction of sp³-hybridized carbons (Fsp3) is 0.143. The highest BCUT2D eigenvalue weighted by Crippen LogP contribution is 2.26. The number of carbonyl (C=O) groups excluding carboxylic acids is 1. The van der Waals surface area contributed by atoms with Crippen LogP contribution in [0.3, 0.4) is 0 Å². The predicted molar refractivity (Wildman–Crippen MR) is 92.9 cm³/mol. The highest BCUT2D eigenvalue weighted by molar-refractivity contribution is 8.00. The van der Waals surface area contributed by atoms with Gasteiger partial charge < -0.3 is 5.32 Å². The molecular formula is C14H12ClN5OS2. The molecule has 1 amide bonds. The average molecular weight is 366 g/mol. The van der Waals surface area contributed by atoms with Crippen LogP contribution in [0.1, 0.15) is 6.92 Å². The zero-order chi connectivity index (χ0) is 16.2. The van der Waals surface area contributed by atoms with Crippen molar-refractivity contribution in [3.05, 3.63) is 41.0 Å². The number of thioether (sulfide) groups is 1. The molecule has 3 aromatic rings. The number of aromatic nitrogens is 4. The molecule has 1 atom stereocenters. The molecule has 0 aliphatic rings. The Bertz CT molecular complexity index is 805. The van der Waals surface area contributed by atoms with E-state index in [1.807, 2.05) is 17.5 Å². The van der Waals surface area contributed by atoms with Gasteiger partial charge in [-0.1, -0.05) is 29.4 Å². The van der Waals surface area contributed by atoms with E-state index in [2.05, 4.69) is 25.5 Å². The first-order valence-corrected chi connectivity index (χ1v) is 8.81. The quantitative estimate of drug-likeness (QED) is 0.532. The zero-order valence-corrected chi connectivity index (χ0v) is 14.4. The van der Waals surface area contributed by atoms with Crippen molar-refractivity contribution in [2.75, 3.05) is 5.32 Å². The largest absolute Gasteiger partial charge is 0.322 e. The monoisotopic (exact) mass is 365 g/mol. The van der Waals surface area contributed by atoms with Crippen LogP contribution in [-0.2, 0) is 4.79 Å². The Kier molecular flexibility index (Phi) is 4.94. The van der Waals surface area contributed by atoms with Crippen LogP contribution in [0.5, 0.6) is 0 Å². The normalized spacial score (nSPS) is 12.1. The molecule has 0 saturated carbocycles. The van der Waals surface area contributed by atoms with Crippen LogP contribution in [0.4, 0.5) is 5.69 Å². The predicted octanol–water partition coefficient (Wildman–Crippen LogP) is 3.70. The Morgan fingerprint density at radius 3 is 3.04 bits per heavy atom. The molecule has 9 heteroatoms. The minimum atomic E-state index is -0.377. The summed E-state index contributed by atoms with van der Waals surface area (Å²) in [6, 6.07) is 7.32. The molecule has 2 N–H and O–H groups in total. The molecule has 3 rings (SSSR count). The summed E-state index contributed by atoms with van der Waals surface area (Å²) >= 11 is 8.78. The number of anilines is 1. The zero-order valence-electron chi connectivity index (χ0n) is 12.0. The van der Waals surface area contributed by atoms with Gasteiger partial charge in [0.2, 0.25) is 11.1 Å². The SMILES string of the molecule is C[C@H](Sc1n[nH]c(-c2cccs2)n1)C(=O)Nc1cccnc1Cl. The second kappa shape index (κ2) is 7.12. The minimum absolute atomic E-state index is 0.188. The molecule has 6 nitrogen and oxygen atoms in total. The van der Waals surface area contributed by atoms with Gasteiger partial charge in [-0.25, -0.2) is 9.97 Å². The third kappa shape index (κ3) is 3.90. The van der Waals surface area contributed by atoms with Crippen molar-refractivity contribution in [3.8, 4) is 10.7 Å². The fourth-order valence-electron chi connectivity index (χ4n) is 1.75. The smallest absolute Gasteiger partial charge is 0.237 e. The lowest BCUT2D eigenvalue weighted by molar-refractivity contribution is -0.115. The van der Waals surface area contributed by atoms with E-state index >= 15 is 0 Å². The lowest BCUT2D eigenvalue weighted by Crippen LogP contribution is -2.22. The lowest BCUT2D eigenvalue weighted by atomic mass is 10.4. The molecule has 0 saturated heterocycles. The van der Waals surface area contributed by atoms with Gasteiger partial charge in [0.05, 0.1) is 15.8 Å². The van der Waals surface area contributed by atoms with E-state index in [9.17, 15) is 4.79 Å². The number of amides is 1. The molecule has 0 spiro atoms. The molecule has 3 heterocycles. The average Bonchev–Trinajstić information content (AvgIpc) is 3.20. The maximum absolute atomic E-state index is 12.2. The molecule has 3 aromatic heterocycles. The van der Waals surface area contributed by atoms with E-state index in [0.717, 1.165) is 4.88 Å². The summed E-state index contributed by atoms with van der Waals surface area (Å²) < 4.78 is 0. The van der Waals surface area contributed by atoms with Crippen molar-refractivity contribution in [3.63, 3.8) is 0 Å². The van der Waals surface area contributed by atoms with E-state index < -0.39 is 0 Å². The molecule has 118 valence electrons. The first-order chi connectivity index (χ1) is 11.1. The second-order valence-corrected chi connectivity index (χ2v) is 7.15. The Hall–Kier alpha value is -1.90. The van der Waals surface area contributed by atoms with Gasteiger partial charge in [0.25, 0.3) is 0 Å². The van der Waals surface area contributed by atoms with Gasteiger partial charge in [-0.15, -0.1) is 16.4 Å². The van der Waals surface area contributed by atoms with Gasteiger partial charge in [0.1, 0.15) is 0 Å². The molecule has 0 bridgehead atoms. The minimum Gasteiger partial charge on any atom is -0.322 e. The topological polar surface area (TPSA) is 83.6 Å². The summed E-state index contributed by atoms with van der Waals surface area (Å²) in [6.45, 7) is 1.78. The maximum Gasteiger partial charge on any atom is 0.237 e. The number of carbonyl (C=O) groups is 1. The van der Waals surface area contributed by atoms with Crippen molar-refractivity contribution in [2.24, 2.45) is 0 Å². The van der Waals surface area contributed by atoms with Crippen molar-refractivity contribution >= 4 is 46.3 Å². The maximum atomic E-state index is 12.2. The molecule has 0 aromatic carbocycles. The van der Waals surface area contributed by atoms with Gasteiger partial charge >= 0.3 is 0 Å². The van der Waals surface area contributed by atoms with Crippen molar-refractivity contribution in [1.82, 2.24) is 20.2 Å². The van der Waals surface area contributed by atoms with Gasteiger partial charge in [0.15, 0.2) is 11.0 Å². The molecular weight excluding hydrogens is 354 g/mol. The molecule has 0 radical (unpaired) electrons. The highest BCUT2D eigenvalue weighted by atomic mass is 35.5. The number of pyridine rings is 1. The second-order valence-electron chi connectivity index (χ2n) is 4.53. The van der Waals surface area contributed by atoms with Gasteiger partial charge in [0, 0.05) is 6.20 Å². The Balaban J connectivity index is 1.64. The summed E-state index contributed by atoms with van der Waals surface area (Å²) in [6.07, 6.45) is 1.57. The number of nitrogens with zero attached hydrogens (tertiary/aromatic N) is 3. The number of rotatable bonds is 5. The van der Waals surface area contributed by atoms with E-state index in [0.29, 0.717) is 16.7 Å². The van der Waals surface area contributed by atoms with E-state index in [1.54, 1.807) is 36.6 Å². The van der Waals surface area contributed by atoms with Crippen LogP contribution in [0.15, 0.2) is 41.0 Å². The third-order valence-corrected chi connectivity index (χ3v) is 5.03. The van der Waals surface area contributed by atoms with Gasteiger partial charge in [-0.3, -0.25) is 9.89 Å². The van der Waals surface area contributed by atoms with Crippen LogP contribution < -0.4 is 5.32 Å². The van der Waals surface area contributed by atoms with E-state index in [-0.39, 0.29) is 16.3 Å². The number of aromatic amines is 1. The molecule has 23 heavy (non-hydrogen) atoms. The number of hydrogen-bond donors (Lipinski definition) is 2. The summed E-state index contributed by atoms with van der Waals surface area (Å²) in [5.41, 5.74) is 0.487. The molecule has 0 fully saturated rings. The Morgan fingerprint density at radius 2 is 2.30 bits per heavy atom. The van der Waals surface area contributed by atoms with Crippen LogP contribution in [0.2, 0.25) is 5.15 Å². The van der Waals surface area contributed by atoms with Crippen molar-refractivity contribution in [1.29, 1.82) is 0 Å². The van der Waals surface area contributed by atoms with Gasteiger partial charge in [-0.2, -0.15) is 0 Å². The lowest BCUT2D eigenvalue weighted by Gasteiger charge is -2.10. The first kappa shape index (κ1) is 16.0. The number of thiophene rings is 1.